The molecule has 198 valence electrons. The van der Waals surface area contributed by atoms with Gasteiger partial charge in [-0.15, -0.1) is 0 Å². The van der Waals surface area contributed by atoms with Crippen LogP contribution in [0.1, 0.15) is 30.9 Å². The van der Waals surface area contributed by atoms with Crippen molar-refractivity contribution in [3.63, 3.8) is 0 Å². The molecule has 0 saturated carbocycles. The molecule has 1 aliphatic carbocycles. The fourth-order valence-corrected chi connectivity index (χ4v) is 7.15. The molecule has 5 aromatic carbocycles. The molecule has 0 N–H and O–H groups in total. The van der Waals surface area contributed by atoms with Crippen LogP contribution in [0.2, 0.25) is 0 Å². The van der Waals surface area contributed by atoms with Crippen LogP contribution in [0.5, 0.6) is 0 Å². The molecule has 2 nitrogen and oxygen atoms in total. The zero-order valence-electron chi connectivity index (χ0n) is 23.7. The molecule has 1 aliphatic rings. The lowest BCUT2D eigenvalue weighted by molar-refractivity contribution is 0.421. The van der Waals surface area contributed by atoms with Crippen molar-refractivity contribution in [3.05, 3.63) is 145 Å². The van der Waals surface area contributed by atoms with Gasteiger partial charge in [0.15, 0.2) is 0 Å². The van der Waals surface area contributed by atoms with Crippen LogP contribution in [-0.2, 0) is 0 Å². The zero-order chi connectivity index (χ0) is 27.7. The van der Waals surface area contributed by atoms with Crippen molar-refractivity contribution in [2.75, 3.05) is 0 Å². The van der Waals surface area contributed by atoms with Crippen molar-refractivity contribution >= 4 is 49.3 Å². The van der Waals surface area contributed by atoms with Crippen LogP contribution in [0, 0.1) is 12.3 Å². The number of allylic oxidation sites excluding steroid dienone is 4. The van der Waals surface area contributed by atoms with E-state index >= 15 is 0 Å². The Morgan fingerprint density at radius 3 is 1.49 bits per heavy atom. The second-order valence-corrected chi connectivity index (χ2v) is 12.0. The van der Waals surface area contributed by atoms with E-state index in [2.05, 4.69) is 163 Å². The molecule has 0 fully saturated rings. The molecule has 0 aliphatic heterocycles. The van der Waals surface area contributed by atoms with Crippen molar-refractivity contribution in [1.29, 1.82) is 0 Å². The van der Waals surface area contributed by atoms with E-state index in [1.54, 1.807) is 0 Å². The van der Waals surface area contributed by atoms with Gasteiger partial charge < -0.3 is 9.13 Å². The molecular formula is C39H32N2. The van der Waals surface area contributed by atoms with E-state index in [0.717, 1.165) is 0 Å². The van der Waals surface area contributed by atoms with Gasteiger partial charge in [-0.3, -0.25) is 0 Å². The van der Waals surface area contributed by atoms with E-state index in [4.69, 9.17) is 0 Å². The van der Waals surface area contributed by atoms with Crippen LogP contribution in [0.4, 0.5) is 0 Å². The maximum Gasteiger partial charge on any atom is 0.0541 e. The Morgan fingerprint density at radius 1 is 0.561 bits per heavy atom. The summed E-state index contributed by atoms with van der Waals surface area (Å²) in [7, 11) is 0. The number of hydrogen-bond acceptors (Lipinski definition) is 0. The summed E-state index contributed by atoms with van der Waals surface area (Å²) >= 11 is 0. The van der Waals surface area contributed by atoms with Crippen molar-refractivity contribution < 1.29 is 0 Å². The molecule has 2 heterocycles. The number of hydrogen-bond donors (Lipinski definition) is 0. The number of fused-ring (bicyclic) bond motifs is 6. The topological polar surface area (TPSA) is 9.86 Å². The van der Waals surface area contributed by atoms with Crippen LogP contribution in [0.25, 0.3) is 55.0 Å². The lowest BCUT2D eigenvalue weighted by Gasteiger charge is -2.35. The van der Waals surface area contributed by atoms with E-state index in [-0.39, 0.29) is 11.3 Å². The van der Waals surface area contributed by atoms with Crippen molar-refractivity contribution in [1.82, 2.24) is 9.13 Å². The smallest absolute Gasteiger partial charge is 0.0541 e. The predicted octanol–water partition coefficient (Wildman–Crippen LogP) is 10.4. The first kappa shape index (κ1) is 24.0. The van der Waals surface area contributed by atoms with Crippen LogP contribution < -0.4 is 0 Å². The number of aryl methyl sites for hydroxylation is 1. The van der Waals surface area contributed by atoms with Gasteiger partial charge in [-0.05, 0) is 65.9 Å². The maximum absolute atomic E-state index is 2.47. The first-order valence-corrected chi connectivity index (χ1v) is 14.5. The first-order chi connectivity index (χ1) is 20.0. The summed E-state index contributed by atoms with van der Waals surface area (Å²) in [5.41, 5.74) is 10.1. The van der Waals surface area contributed by atoms with Gasteiger partial charge in [-0.2, -0.15) is 0 Å². The third-order valence-corrected chi connectivity index (χ3v) is 9.05. The summed E-state index contributed by atoms with van der Waals surface area (Å²) in [6.45, 7) is 7.01. The fourth-order valence-electron chi connectivity index (χ4n) is 7.15. The summed E-state index contributed by atoms with van der Waals surface area (Å²) < 4.78 is 4.83. The van der Waals surface area contributed by atoms with E-state index in [9.17, 15) is 0 Å². The van der Waals surface area contributed by atoms with E-state index in [1.165, 1.54) is 66.1 Å². The van der Waals surface area contributed by atoms with Gasteiger partial charge in [0.2, 0.25) is 0 Å². The minimum atomic E-state index is -0.0598. The Morgan fingerprint density at radius 2 is 1.02 bits per heavy atom. The Bertz CT molecular complexity index is 2090. The van der Waals surface area contributed by atoms with Gasteiger partial charge in [0.05, 0.1) is 22.1 Å². The molecular weight excluding hydrogens is 496 g/mol. The molecule has 0 saturated heterocycles. The summed E-state index contributed by atoms with van der Waals surface area (Å²) in [6.07, 6.45) is 7.22. The Balaban J connectivity index is 1.22. The molecule has 1 unspecified atom stereocenters. The Labute approximate surface area is 240 Å². The Hall–Kier alpha value is -4.82. The molecule has 0 radical (unpaired) electrons. The van der Waals surface area contributed by atoms with Crippen molar-refractivity contribution in [2.24, 2.45) is 5.41 Å². The van der Waals surface area contributed by atoms with Crippen molar-refractivity contribution in [3.8, 4) is 5.69 Å². The fraction of sp³-hybridized carbons (Fsp3) is 0.128. The van der Waals surface area contributed by atoms with Gasteiger partial charge in [0.25, 0.3) is 0 Å². The maximum atomic E-state index is 2.47. The average Bonchev–Trinajstić information content (AvgIpc) is 3.50. The minimum absolute atomic E-state index is 0.0598. The van der Waals surface area contributed by atoms with E-state index in [0.29, 0.717) is 0 Å². The van der Waals surface area contributed by atoms with Gasteiger partial charge in [0.1, 0.15) is 0 Å². The minimum Gasteiger partial charge on any atom is -0.310 e. The molecule has 1 atom stereocenters. The highest BCUT2D eigenvalue weighted by molar-refractivity contribution is 6.11. The molecule has 41 heavy (non-hydrogen) atoms. The van der Waals surface area contributed by atoms with E-state index in [1.807, 2.05) is 0 Å². The molecule has 2 aromatic heterocycles. The monoisotopic (exact) mass is 528 g/mol. The molecule has 0 bridgehead atoms. The van der Waals surface area contributed by atoms with E-state index < -0.39 is 0 Å². The van der Waals surface area contributed by atoms with Gasteiger partial charge in [0, 0.05) is 38.8 Å². The first-order valence-electron chi connectivity index (χ1n) is 14.5. The van der Waals surface area contributed by atoms with Gasteiger partial charge in [-0.1, -0.05) is 105 Å². The van der Waals surface area contributed by atoms with Crippen LogP contribution >= 0.6 is 0 Å². The molecule has 0 spiro atoms. The largest absolute Gasteiger partial charge is 0.310 e. The number of benzene rings is 5. The second-order valence-electron chi connectivity index (χ2n) is 12.0. The molecule has 2 heteroatoms. The predicted molar refractivity (Wildman–Crippen MR) is 175 cm³/mol. The normalized spacial score (nSPS) is 16.7. The molecule has 0 amide bonds. The standard InChI is InChI=1S/C39H32N2/c1-26-24-27(40-35-16-8-4-12-30(35)31-13-5-9-17-36(31)40)20-22-29(26)34-23-21-28(25-39(34,2)3)41-37-18-10-6-14-32(37)33-15-7-11-19-38(33)41/h4-25,34H,1-3H3. The molecule has 8 rings (SSSR count). The average molecular weight is 529 g/mol. The zero-order valence-corrected chi connectivity index (χ0v) is 23.7. The number of nitrogens with zero attached hydrogens (tertiary/aromatic N) is 2. The lowest BCUT2D eigenvalue weighted by Crippen LogP contribution is -2.23. The quantitative estimate of drug-likeness (QED) is 0.216. The van der Waals surface area contributed by atoms with Gasteiger partial charge in [-0.25, -0.2) is 0 Å². The summed E-state index contributed by atoms with van der Waals surface area (Å²) in [5.74, 6) is 0.284. The number of rotatable bonds is 3. The summed E-state index contributed by atoms with van der Waals surface area (Å²) in [6, 6.07) is 42.0. The van der Waals surface area contributed by atoms with Crippen LogP contribution in [-0.4, -0.2) is 9.13 Å². The Kier molecular flexibility index (Phi) is 5.18. The summed E-state index contributed by atoms with van der Waals surface area (Å²) in [5, 5.41) is 5.19. The highest BCUT2D eigenvalue weighted by atomic mass is 15.0. The SMILES string of the molecule is Cc1cc(-n2c3ccccc3c3ccccc32)ccc1C1C=CC(n2c3ccccc3c3ccccc32)=CC1(C)C. The van der Waals surface area contributed by atoms with Crippen molar-refractivity contribution in [2.45, 2.75) is 26.7 Å². The molecule has 7 aromatic rings. The second kappa shape index (κ2) is 8.84. The number of aromatic nitrogens is 2. The third-order valence-electron chi connectivity index (χ3n) is 9.05. The third kappa shape index (κ3) is 3.57. The highest BCUT2D eigenvalue weighted by Gasteiger charge is 2.32. The van der Waals surface area contributed by atoms with Crippen LogP contribution in [0.15, 0.2) is 133 Å². The summed E-state index contributed by atoms with van der Waals surface area (Å²) in [4.78, 5) is 0. The van der Waals surface area contributed by atoms with Crippen LogP contribution in [0.3, 0.4) is 0 Å². The highest BCUT2D eigenvalue weighted by Crippen LogP contribution is 2.45. The van der Waals surface area contributed by atoms with Gasteiger partial charge >= 0.3 is 0 Å². The number of para-hydroxylation sites is 4. The lowest BCUT2D eigenvalue weighted by atomic mass is 9.71.